The van der Waals surface area contributed by atoms with Gasteiger partial charge in [0.25, 0.3) is 5.91 Å². The van der Waals surface area contributed by atoms with E-state index in [-0.39, 0.29) is 23.5 Å². The van der Waals surface area contributed by atoms with Crippen LogP contribution in [0.25, 0.3) is 0 Å². The first-order chi connectivity index (χ1) is 16.9. The highest BCUT2D eigenvalue weighted by molar-refractivity contribution is 5.98. The maximum absolute atomic E-state index is 14.0. The molecule has 0 unspecified atom stereocenters. The molecule has 0 radical (unpaired) electrons. The molecule has 0 saturated heterocycles. The van der Waals surface area contributed by atoms with Crippen molar-refractivity contribution in [3.63, 3.8) is 0 Å². The van der Waals surface area contributed by atoms with Crippen LogP contribution in [0.4, 0.5) is 15.8 Å². The lowest BCUT2D eigenvalue weighted by Crippen LogP contribution is -2.48. The smallest absolute Gasteiger partial charge is 0.252 e. The van der Waals surface area contributed by atoms with E-state index < -0.39 is 11.9 Å². The molecule has 1 aliphatic rings. The Kier molecular flexibility index (Phi) is 7.74. The Morgan fingerprint density at radius 3 is 2.69 bits per heavy atom. The fraction of sp³-hybridized carbons (Fsp3) is 0.385. The van der Waals surface area contributed by atoms with Crippen molar-refractivity contribution in [1.29, 1.82) is 0 Å². The van der Waals surface area contributed by atoms with Crippen LogP contribution in [0, 0.1) is 11.7 Å². The van der Waals surface area contributed by atoms with E-state index in [0.717, 1.165) is 37.4 Å². The number of nitrogens with one attached hydrogen (secondary N) is 3. The van der Waals surface area contributed by atoms with E-state index in [4.69, 9.17) is 0 Å². The molecule has 184 valence electrons. The van der Waals surface area contributed by atoms with Crippen molar-refractivity contribution in [2.45, 2.75) is 51.1 Å². The lowest BCUT2D eigenvalue weighted by atomic mass is 9.97. The minimum Gasteiger partial charge on any atom is -0.353 e. The van der Waals surface area contributed by atoms with E-state index in [2.05, 4.69) is 26.0 Å². The molecule has 4 rings (SSSR count). The molecule has 35 heavy (non-hydrogen) atoms. The molecule has 2 amide bonds. The summed E-state index contributed by atoms with van der Waals surface area (Å²) in [5.41, 5.74) is 2.10. The number of hydrogen-bond donors (Lipinski definition) is 3. The second-order valence-corrected chi connectivity index (χ2v) is 9.15. The fourth-order valence-electron chi connectivity index (χ4n) is 4.48. The molecule has 1 saturated carbocycles. The van der Waals surface area contributed by atoms with Gasteiger partial charge < -0.3 is 16.0 Å². The molecule has 0 aliphatic heterocycles. The van der Waals surface area contributed by atoms with Gasteiger partial charge in [0, 0.05) is 36.3 Å². The number of benzene rings is 1. The Bertz CT molecular complexity index is 1170. The van der Waals surface area contributed by atoms with Gasteiger partial charge in [-0.3, -0.25) is 19.3 Å². The first kappa shape index (κ1) is 24.4. The van der Waals surface area contributed by atoms with Crippen LogP contribution < -0.4 is 16.0 Å². The summed E-state index contributed by atoms with van der Waals surface area (Å²) in [5, 5.41) is 13.1. The number of carbonyl (C=O) groups excluding carboxylic acids is 2. The highest BCUT2D eigenvalue weighted by Gasteiger charge is 2.28. The van der Waals surface area contributed by atoms with Crippen molar-refractivity contribution in [3.8, 4) is 0 Å². The highest BCUT2D eigenvalue weighted by Crippen LogP contribution is 2.29. The molecule has 2 aromatic heterocycles. The maximum atomic E-state index is 14.0. The quantitative estimate of drug-likeness (QED) is 0.427. The second-order valence-electron chi connectivity index (χ2n) is 9.15. The van der Waals surface area contributed by atoms with Crippen LogP contribution >= 0.6 is 0 Å². The molecule has 2 heterocycles. The highest BCUT2D eigenvalue weighted by atomic mass is 19.1. The Morgan fingerprint density at radius 1 is 1.17 bits per heavy atom. The van der Waals surface area contributed by atoms with E-state index >= 15 is 0 Å². The number of carbonyl (C=O) groups is 2. The molecular weight excluding hydrogens is 447 g/mol. The molecule has 8 nitrogen and oxygen atoms in total. The molecule has 1 fully saturated rings. The van der Waals surface area contributed by atoms with Gasteiger partial charge in [-0.05, 0) is 43.5 Å². The average Bonchev–Trinajstić information content (AvgIpc) is 3.52. The summed E-state index contributed by atoms with van der Waals surface area (Å²) in [6, 6.07) is 7.40. The van der Waals surface area contributed by atoms with Crippen LogP contribution in [0.3, 0.4) is 0 Å². The Balaban J connectivity index is 1.46. The predicted octanol–water partition coefficient (Wildman–Crippen LogP) is 4.25. The zero-order valence-corrected chi connectivity index (χ0v) is 20.0. The van der Waals surface area contributed by atoms with Crippen LogP contribution in [-0.4, -0.2) is 32.6 Å². The number of rotatable bonds is 9. The van der Waals surface area contributed by atoms with Crippen LogP contribution in [0.5, 0.6) is 0 Å². The first-order valence-electron chi connectivity index (χ1n) is 12.0. The molecule has 0 bridgehead atoms. The third kappa shape index (κ3) is 6.44. The number of amides is 2. The number of pyridine rings is 1. The zero-order chi connectivity index (χ0) is 24.8. The number of hydrogen-bond acceptors (Lipinski definition) is 5. The Labute approximate surface area is 204 Å². The summed E-state index contributed by atoms with van der Waals surface area (Å²) >= 11 is 0. The van der Waals surface area contributed by atoms with Gasteiger partial charge in [-0.15, -0.1) is 0 Å². The molecule has 3 aromatic rings. The molecule has 1 aromatic carbocycles. The van der Waals surface area contributed by atoms with E-state index in [0.29, 0.717) is 23.6 Å². The molecule has 9 heteroatoms. The summed E-state index contributed by atoms with van der Waals surface area (Å²) in [6.45, 7) is 1.90. The van der Waals surface area contributed by atoms with Gasteiger partial charge >= 0.3 is 0 Å². The summed E-state index contributed by atoms with van der Waals surface area (Å²) < 4.78 is 15.7. The standard InChI is InChI=1S/C26H31FN6O2/c1-17(20-14-29-33(2)16-20)30-26(35)24(12-18-6-3-4-7-18)32-25(34)19-8-5-9-21(13-19)31-23-10-11-28-15-22(23)27/h5,8-11,13-18,24H,3-4,6-7,12H2,1-2H3,(H,28,31)(H,30,35)(H,32,34)/t17-,24-/m0/s1. The van der Waals surface area contributed by atoms with Crippen LogP contribution in [0.1, 0.15) is 61.0 Å². The number of aromatic nitrogens is 3. The van der Waals surface area contributed by atoms with Gasteiger partial charge in [-0.2, -0.15) is 5.10 Å². The van der Waals surface area contributed by atoms with Crippen molar-refractivity contribution in [2.24, 2.45) is 13.0 Å². The lowest BCUT2D eigenvalue weighted by Gasteiger charge is -2.23. The normalized spacial score (nSPS) is 15.4. The summed E-state index contributed by atoms with van der Waals surface area (Å²) in [4.78, 5) is 30.1. The van der Waals surface area contributed by atoms with E-state index in [1.807, 2.05) is 20.2 Å². The summed E-state index contributed by atoms with van der Waals surface area (Å²) in [6.07, 6.45) is 11.2. The van der Waals surface area contributed by atoms with Gasteiger partial charge in [-0.1, -0.05) is 31.7 Å². The topological polar surface area (TPSA) is 101 Å². The van der Waals surface area contributed by atoms with Crippen molar-refractivity contribution in [3.05, 3.63) is 72.1 Å². The zero-order valence-electron chi connectivity index (χ0n) is 20.0. The van der Waals surface area contributed by atoms with Crippen LogP contribution in [0.15, 0.2) is 55.1 Å². The molecular formula is C26H31FN6O2. The molecule has 1 aliphatic carbocycles. The fourth-order valence-corrected chi connectivity index (χ4v) is 4.48. The third-order valence-corrected chi connectivity index (χ3v) is 6.43. The molecule has 2 atom stereocenters. The first-order valence-corrected chi connectivity index (χ1v) is 12.0. The van der Waals surface area contributed by atoms with Gasteiger partial charge in [0.15, 0.2) is 5.82 Å². The second kappa shape index (κ2) is 11.1. The monoisotopic (exact) mass is 478 g/mol. The minimum atomic E-state index is -0.654. The minimum absolute atomic E-state index is 0.213. The van der Waals surface area contributed by atoms with Crippen LogP contribution in [0.2, 0.25) is 0 Å². The van der Waals surface area contributed by atoms with Crippen LogP contribution in [-0.2, 0) is 11.8 Å². The van der Waals surface area contributed by atoms with E-state index in [9.17, 15) is 14.0 Å². The SMILES string of the molecule is C[C@H](NC(=O)[C@H](CC1CCCC1)NC(=O)c1cccc(Nc2ccncc2F)c1)c1cnn(C)c1. The summed E-state index contributed by atoms with van der Waals surface area (Å²) in [7, 11) is 1.83. The van der Waals surface area contributed by atoms with E-state index in [1.54, 1.807) is 35.1 Å². The number of anilines is 2. The van der Waals surface area contributed by atoms with Gasteiger partial charge in [-0.25, -0.2) is 4.39 Å². The maximum Gasteiger partial charge on any atom is 0.252 e. The number of aryl methyl sites for hydroxylation is 1. The number of nitrogens with zero attached hydrogens (tertiary/aromatic N) is 3. The Morgan fingerprint density at radius 2 is 1.97 bits per heavy atom. The average molecular weight is 479 g/mol. The van der Waals surface area contributed by atoms with Gasteiger partial charge in [0.2, 0.25) is 5.91 Å². The Hall–Kier alpha value is -3.75. The largest absolute Gasteiger partial charge is 0.353 e. The van der Waals surface area contributed by atoms with E-state index in [1.165, 1.54) is 12.3 Å². The van der Waals surface area contributed by atoms with Gasteiger partial charge in [0.1, 0.15) is 6.04 Å². The van der Waals surface area contributed by atoms with Crippen molar-refractivity contribution in [2.75, 3.05) is 5.32 Å². The predicted molar refractivity (Wildman–Crippen MR) is 132 cm³/mol. The molecule has 3 N–H and O–H groups in total. The summed E-state index contributed by atoms with van der Waals surface area (Å²) in [5.74, 6) is -0.647. The van der Waals surface area contributed by atoms with Gasteiger partial charge in [0.05, 0.1) is 24.1 Å². The van der Waals surface area contributed by atoms with Crippen molar-refractivity contribution < 1.29 is 14.0 Å². The molecule has 0 spiro atoms. The lowest BCUT2D eigenvalue weighted by molar-refractivity contribution is -0.124. The van der Waals surface area contributed by atoms with Crippen molar-refractivity contribution in [1.82, 2.24) is 25.4 Å². The third-order valence-electron chi connectivity index (χ3n) is 6.43. The number of halogens is 1. The van der Waals surface area contributed by atoms with Crippen molar-refractivity contribution >= 4 is 23.2 Å².